The zero-order valence-corrected chi connectivity index (χ0v) is 27.9. The summed E-state index contributed by atoms with van der Waals surface area (Å²) in [5, 5.41) is 3.38. The van der Waals surface area contributed by atoms with Crippen molar-refractivity contribution in [2.45, 2.75) is 64.6 Å². The van der Waals surface area contributed by atoms with Crippen LogP contribution in [0.4, 0.5) is 5.69 Å². The predicted octanol–water partition coefficient (Wildman–Crippen LogP) is 6.63. The van der Waals surface area contributed by atoms with Gasteiger partial charge in [0.25, 0.3) is 10.0 Å². The van der Waals surface area contributed by atoms with Crippen LogP contribution in [0.5, 0.6) is 0 Å². The first kappa shape index (κ1) is 33.7. The lowest BCUT2D eigenvalue weighted by molar-refractivity contribution is -0.140. The molecule has 45 heavy (non-hydrogen) atoms. The fraction of sp³-hybridized carbons (Fsp3) is 0.278. The molecule has 0 spiro atoms. The van der Waals surface area contributed by atoms with Crippen LogP contribution in [0.1, 0.15) is 41.7 Å². The van der Waals surface area contributed by atoms with Gasteiger partial charge >= 0.3 is 0 Å². The van der Waals surface area contributed by atoms with E-state index in [-0.39, 0.29) is 29.8 Å². The molecule has 1 unspecified atom stereocenters. The van der Waals surface area contributed by atoms with Crippen molar-refractivity contribution < 1.29 is 18.0 Å². The molecule has 0 saturated carbocycles. The molecule has 0 aliphatic rings. The van der Waals surface area contributed by atoms with Crippen molar-refractivity contribution >= 4 is 39.1 Å². The van der Waals surface area contributed by atoms with E-state index < -0.39 is 28.5 Å². The maximum atomic E-state index is 14.6. The summed E-state index contributed by atoms with van der Waals surface area (Å²) in [5.41, 5.74) is 4.92. The minimum absolute atomic E-state index is 0.00164. The van der Waals surface area contributed by atoms with Gasteiger partial charge in [0, 0.05) is 24.0 Å². The molecule has 1 atom stereocenters. The van der Waals surface area contributed by atoms with E-state index in [1.807, 2.05) is 95.3 Å². The zero-order chi connectivity index (χ0) is 32.7. The van der Waals surface area contributed by atoms with Crippen LogP contribution in [0, 0.1) is 20.8 Å². The highest BCUT2D eigenvalue weighted by molar-refractivity contribution is 7.92. The summed E-state index contributed by atoms with van der Waals surface area (Å²) < 4.78 is 29.5. The van der Waals surface area contributed by atoms with Gasteiger partial charge in [-0.2, -0.15) is 0 Å². The summed E-state index contributed by atoms with van der Waals surface area (Å²) in [4.78, 5) is 29.9. The Balaban J connectivity index is 1.83. The van der Waals surface area contributed by atoms with Gasteiger partial charge in [-0.1, -0.05) is 72.3 Å². The summed E-state index contributed by atoms with van der Waals surface area (Å²) in [6.07, 6.45) is 0.255. The molecular weight excluding hydrogens is 606 g/mol. The van der Waals surface area contributed by atoms with Crippen LogP contribution in [-0.4, -0.2) is 43.8 Å². The van der Waals surface area contributed by atoms with E-state index in [2.05, 4.69) is 5.32 Å². The average Bonchev–Trinajstić information content (AvgIpc) is 3.00. The Bertz CT molecular complexity index is 1740. The van der Waals surface area contributed by atoms with E-state index in [4.69, 9.17) is 11.6 Å². The molecular formula is C36H40ClN3O4S. The fourth-order valence-electron chi connectivity index (χ4n) is 5.05. The van der Waals surface area contributed by atoms with Gasteiger partial charge in [0.2, 0.25) is 11.8 Å². The van der Waals surface area contributed by atoms with E-state index in [0.29, 0.717) is 10.7 Å². The maximum Gasteiger partial charge on any atom is 0.264 e. The normalized spacial score (nSPS) is 12.1. The molecule has 4 rings (SSSR count). The van der Waals surface area contributed by atoms with Crippen LogP contribution in [0.2, 0.25) is 5.02 Å². The SMILES string of the molecule is Cc1ccc(N(CC(=O)N(Cc2ccccc2C)C(Cc2ccccc2)C(=O)NC(C)C)S(=O)(=O)c2ccc(Cl)cc2)cc1C. The van der Waals surface area contributed by atoms with Gasteiger partial charge in [-0.3, -0.25) is 13.9 Å². The minimum atomic E-state index is -4.21. The van der Waals surface area contributed by atoms with Crippen molar-refractivity contribution in [2.75, 3.05) is 10.8 Å². The van der Waals surface area contributed by atoms with Crippen molar-refractivity contribution in [1.82, 2.24) is 10.2 Å². The number of nitrogens with one attached hydrogen (secondary N) is 1. The molecule has 7 nitrogen and oxygen atoms in total. The van der Waals surface area contributed by atoms with Gasteiger partial charge < -0.3 is 10.2 Å². The Morgan fingerprint density at radius 1 is 0.800 bits per heavy atom. The molecule has 0 fully saturated rings. The number of carbonyl (C=O) groups is 2. The van der Waals surface area contributed by atoms with Gasteiger partial charge in [0.15, 0.2) is 0 Å². The molecule has 1 N–H and O–H groups in total. The third-order valence-corrected chi connectivity index (χ3v) is 9.80. The van der Waals surface area contributed by atoms with E-state index in [1.165, 1.54) is 29.2 Å². The standard InChI is InChI=1S/C36H40ClN3O4S/c1-25(2)38-36(42)34(22-29-12-7-6-8-13-29)39(23-30-14-10-9-11-27(30)4)35(41)24-40(32-18-15-26(3)28(5)21-32)45(43,44)33-19-16-31(37)17-20-33/h6-21,25,34H,22-24H2,1-5H3,(H,38,42). The van der Waals surface area contributed by atoms with Gasteiger partial charge in [-0.05, 0) is 98.8 Å². The van der Waals surface area contributed by atoms with Crippen LogP contribution >= 0.6 is 11.6 Å². The second-order valence-corrected chi connectivity index (χ2v) is 13.8. The third kappa shape index (κ3) is 8.53. The first-order chi connectivity index (χ1) is 21.4. The lowest BCUT2D eigenvalue weighted by atomic mass is 10.0. The van der Waals surface area contributed by atoms with Crippen molar-refractivity contribution in [3.8, 4) is 0 Å². The number of carbonyl (C=O) groups excluding carboxylic acids is 2. The molecule has 0 aliphatic carbocycles. The van der Waals surface area contributed by atoms with Gasteiger partial charge in [0.05, 0.1) is 10.6 Å². The maximum absolute atomic E-state index is 14.6. The third-order valence-electron chi connectivity index (χ3n) is 7.76. The lowest BCUT2D eigenvalue weighted by Crippen LogP contribution is -2.54. The van der Waals surface area contributed by atoms with Crippen LogP contribution < -0.4 is 9.62 Å². The second kappa shape index (κ2) is 14.8. The predicted molar refractivity (Wildman–Crippen MR) is 181 cm³/mol. The Labute approximate surface area is 271 Å². The number of hydrogen-bond acceptors (Lipinski definition) is 4. The molecule has 0 bridgehead atoms. The fourth-order valence-corrected chi connectivity index (χ4v) is 6.58. The zero-order valence-electron chi connectivity index (χ0n) is 26.3. The summed E-state index contributed by atoms with van der Waals surface area (Å²) in [5.74, 6) is -0.817. The number of hydrogen-bond donors (Lipinski definition) is 1. The van der Waals surface area contributed by atoms with Crippen LogP contribution in [0.25, 0.3) is 0 Å². The summed E-state index contributed by atoms with van der Waals surface area (Å²) in [7, 11) is -4.21. The summed E-state index contributed by atoms with van der Waals surface area (Å²) in [6, 6.07) is 27.3. The van der Waals surface area contributed by atoms with Gasteiger partial charge in [-0.25, -0.2) is 8.42 Å². The van der Waals surface area contributed by atoms with Crippen LogP contribution in [0.3, 0.4) is 0 Å². The molecule has 4 aromatic rings. The summed E-state index contributed by atoms with van der Waals surface area (Å²) in [6.45, 7) is 9.12. The molecule has 0 aromatic heterocycles. The van der Waals surface area contributed by atoms with Crippen molar-refractivity contribution in [3.05, 3.63) is 130 Å². The lowest BCUT2D eigenvalue weighted by Gasteiger charge is -2.34. The van der Waals surface area contributed by atoms with E-state index in [0.717, 1.165) is 32.1 Å². The number of sulfonamides is 1. The number of halogens is 1. The van der Waals surface area contributed by atoms with Gasteiger partial charge in [-0.15, -0.1) is 0 Å². The van der Waals surface area contributed by atoms with E-state index in [1.54, 1.807) is 12.1 Å². The first-order valence-electron chi connectivity index (χ1n) is 14.9. The first-order valence-corrected chi connectivity index (χ1v) is 16.7. The highest BCUT2D eigenvalue weighted by Gasteiger charge is 2.35. The van der Waals surface area contributed by atoms with E-state index >= 15 is 0 Å². The topological polar surface area (TPSA) is 86.8 Å². The Hall–Kier alpha value is -4.14. The number of aryl methyl sites for hydroxylation is 3. The highest BCUT2D eigenvalue weighted by Crippen LogP contribution is 2.28. The van der Waals surface area contributed by atoms with Crippen LogP contribution in [0.15, 0.2) is 102 Å². The molecule has 0 saturated heterocycles. The molecule has 9 heteroatoms. The van der Waals surface area contributed by atoms with E-state index in [9.17, 15) is 18.0 Å². The molecule has 236 valence electrons. The molecule has 0 aliphatic heterocycles. The quantitative estimate of drug-likeness (QED) is 0.188. The smallest absolute Gasteiger partial charge is 0.264 e. The number of anilines is 1. The Morgan fingerprint density at radius 3 is 2.07 bits per heavy atom. The van der Waals surface area contributed by atoms with Gasteiger partial charge in [0.1, 0.15) is 12.6 Å². The number of amides is 2. The molecule has 0 heterocycles. The minimum Gasteiger partial charge on any atom is -0.352 e. The number of rotatable bonds is 12. The van der Waals surface area contributed by atoms with Crippen LogP contribution in [-0.2, 0) is 32.6 Å². The van der Waals surface area contributed by atoms with Crippen molar-refractivity contribution in [3.63, 3.8) is 0 Å². The second-order valence-electron chi connectivity index (χ2n) is 11.6. The molecule has 2 amide bonds. The van der Waals surface area contributed by atoms with Crippen molar-refractivity contribution in [1.29, 1.82) is 0 Å². The Morgan fingerprint density at radius 2 is 1.44 bits per heavy atom. The monoisotopic (exact) mass is 645 g/mol. The van der Waals surface area contributed by atoms with Crippen molar-refractivity contribution in [2.24, 2.45) is 0 Å². The average molecular weight is 646 g/mol. The highest BCUT2D eigenvalue weighted by atomic mass is 35.5. The largest absolute Gasteiger partial charge is 0.352 e. The molecule has 0 radical (unpaired) electrons. The number of nitrogens with zero attached hydrogens (tertiary/aromatic N) is 2. The Kier molecular flexibility index (Phi) is 11.1. The molecule has 4 aromatic carbocycles. The summed E-state index contributed by atoms with van der Waals surface area (Å²) >= 11 is 6.07. The number of benzene rings is 4.